The Labute approximate surface area is 115 Å². The predicted molar refractivity (Wildman–Crippen MR) is 75.8 cm³/mol. The summed E-state index contributed by atoms with van der Waals surface area (Å²) in [7, 11) is 1.82. The van der Waals surface area contributed by atoms with E-state index in [9.17, 15) is 9.59 Å². The molecular formula is C14H27N3O2. The molecule has 0 spiro atoms. The molecule has 1 saturated carbocycles. The molecule has 110 valence electrons. The Balaban J connectivity index is 1.99. The van der Waals surface area contributed by atoms with E-state index in [1.54, 1.807) is 0 Å². The van der Waals surface area contributed by atoms with Crippen LogP contribution in [0.25, 0.3) is 0 Å². The third kappa shape index (κ3) is 7.82. The van der Waals surface area contributed by atoms with Crippen LogP contribution >= 0.6 is 0 Å². The molecule has 0 radical (unpaired) electrons. The van der Waals surface area contributed by atoms with E-state index in [1.165, 1.54) is 32.1 Å². The number of carbonyl (C=O) groups is 2. The molecule has 0 aromatic heterocycles. The normalized spacial score (nSPS) is 16.1. The average Bonchev–Trinajstić information content (AvgIpc) is 2.42. The quantitative estimate of drug-likeness (QED) is 0.571. The fourth-order valence-corrected chi connectivity index (χ4v) is 2.46. The van der Waals surface area contributed by atoms with Gasteiger partial charge < -0.3 is 16.0 Å². The first kappa shape index (κ1) is 16.0. The summed E-state index contributed by atoms with van der Waals surface area (Å²) < 4.78 is 0. The summed E-state index contributed by atoms with van der Waals surface area (Å²) in [5.41, 5.74) is 0. The summed E-state index contributed by atoms with van der Waals surface area (Å²) in [6.07, 6.45) is 7.35. The summed E-state index contributed by atoms with van der Waals surface area (Å²) in [6.45, 7) is 1.72. The van der Waals surface area contributed by atoms with Gasteiger partial charge >= 0.3 is 0 Å². The van der Waals surface area contributed by atoms with Gasteiger partial charge in [-0.25, -0.2) is 0 Å². The lowest BCUT2D eigenvalue weighted by atomic mass is 9.87. The highest BCUT2D eigenvalue weighted by Gasteiger charge is 2.16. The van der Waals surface area contributed by atoms with Crippen molar-refractivity contribution in [2.75, 3.05) is 26.7 Å². The minimum atomic E-state index is 0.0240. The van der Waals surface area contributed by atoms with Crippen LogP contribution in [0.15, 0.2) is 0 Å². The van der Waals surface area contributed by atoms with Crippen molar-refractivity contribution in [3.63, 3.8) is 0 Å². The molecule has 0 aromatic carbocycles. The number of hydrogen-bond donors (Lipinski definition) is 3. The third-order valence-electron chi connectivity index (χ3n) is 3.57. The van der Waals surface area contributed by atoms with Crippen LogP contribution in [0.5, 0.6) is 0 Å². The van der Waals surface area contributed by atoms with E-state index in [2.05, 4.69) is 16.0 Å². The van der Waals surface area contributed by atoms with Crippen LogP contribution in [-0.2, 0) is 9.59 Å². The highest BCUT2D eigenvalue weighted by atomic mass is 16.2. The van der Waals surface area contributed by atoms with Crippen LogP contribution in [0.2, 0.25) is 0 Å². The molecule has 0 atom stereocenters. The zero-order chi connectivity index (χ0) is 13.9. The molecule has 0 aliphatic heterocycles. The van der Waals surface area contributed by atoms with Gasteiger partial charge in [0.2, 0.25) is 11.8 Å². The molecule has 1 aliphatic carbocycles. The Bertz CT molecular complexity index is 276. The Morgan fingerprint density at radius 2 is 1.58 bits per heavy atom. The Morgan fingerprint density at radius 1 is 0.947 bits per heavy atom. The van der Waals surface area contributed by atoms with Gasteiger partial charge in [0.1, 0.15) is 0 Å². The standard InChI is InChI=1S/C14H27N3O2/c1-15-8-7-13(18)16-9-10-17-14(19)11-12-5-3-2-4-6-12/h12,15H,2-11H2,1H3,(H,16,18)(H,17,19). The Hall–Kier alpha value is -1.10. The molecule has 3 N–H and O–H groups in total. The summed E-state index contributed by atoms with van der Waals surface area (Å²) in [5, 5.41) is 8.58. The molecular weight excluding hydrogens is 242 g/mol. The number of amides is 2. The van der Waals surface area contributed by atoms with Gasteiger partial charge in [-0.2, -0.15) is 0 Å². The lowest BCUT2D eigenvalue weighted by Crippen LogP contribution is -2.36. The van der Waals surface area contributed by atoms with Crippen molar-refractivity contribution in [2.45, 2.75) is 44.9 Å². The fraction of sp³-hybridized carbons (Fsp3) is 0.857. The molecule has 0 heterocycles. The first-order valence-corrected chi connectivity index (χ1v) is 7.40. The zero-order valence-corrected chi connectivity index (χ0v) is 12.0. The van der Waals surface area contributed by atoms with E-state index in [4.69, 9.17) is 0 Å². The zero-order valence-electron chi connectivity index (χ0n) is 12.0. The van der Waals surface area contributed by atoms with Gasteiger partial charge in [-0.1, -0.05) is 19.3 Å². The minimum Gasteiger partial charge on any atom is -0.354 e. The van der Waals surface area contributed by atoms with Gasteiger partial charge in [0.25, 0.3) is 0 Å². The Kier molecular flexibility index (Phi) is 8.21. The highest BCUT2D eigenvalue weighted by molar-refractivity contribution is 5.77. The smallest absolute Gasteiger partial charge is 0.221 e. The molecule has 1 rings (SSSR count). The van der Waals surface area contributed by atoms with Crippen LogP contribution in [0.1, 0.15) is 44.9 Å². The molecule has 5 nitrogen and oxygen atoms in total. The van der Waals surface area contributed by atoms with Crippen LogP contribution in [0.3, 0.4) is 0 Å². The van der Waals surface area contributed by atoms with Crippen LogP contribution in [0, 0.1) is 5.92 Å². The van der Waals surface area contributed by atoms with Crippen LogP contribution in [0.4, 0.5) is 0 Å². The maximum absolute atomic E-state index is 11.7. The molecule has 0 unspecified atom stereocenters. The number of hydrogen-bond acceptors (Lipinski definition) is 3. The highest BCUT2D eigenvalue weighted by Crippen LogP contribution is 2.25. The maximum atomic E-state index is 11.7. The third-order valence-corrected chi connectivity index (χ3v) is 3.57. The van der Waals surface area contributed by atoms with Crippen molar-refractivity contribution in [1.29, 1.82) is 0 Å². The maximum Gasteiger partial charge on any atom is 0.221 e. The van der Waals surface area contributed by atoms with Gasteiger partial charge in [0, 0.05) is 32.5 Å². The largest absolute Gasteiger partial charge is 0.354 e. The minimum absolute atomic E-state index is 0.0240. The first-order chi connectivity index (χ1) is 9.22. The summed E-state index contributed by atoms with van der Waals surface area (Å²) >= 11 is 0. The molecule has 1 aliphatic rings. The van der Waals surface area contributed by atoms with Crippen molar-refractivity contribution in [3.8, 4) is 0 Å². The molecule has 0 saturated heterocycles. The van der Waals surface area contributed by atoms with E-state index >= 15 is 0 Å². The molecule has 19 heavy (non-hydrogen) atoms. The van der Waals surface area contributed by atoms with Crippen LogP contribution in [-0.4, -0.2) is 38.5 Å². The number of rotatable bonds is 8. The molecule has 2 amide bonds. The van der Waals surface area contributed by atoms with Gasteiger partial charge in [-0.05, 0) is 25.8 Å². The second-order valence-electron chi connectivity index (χ2n) is 5.26. The Morgan fingerprint density at radius 3 is 2.21 bits per heavy atom. The van der Waals surface area contributed by atoms with Gasteiger partial charge in [-0.15, -0.1) is 0 Å². The van der Waals surface area contributed by atoms with Gasteiger partial charge in [0.15, 0.2) is 0 Å². The summed E-state index contributed by atoms with van der Waals surface area (Å²) in [6, 6.07) is 0. The molecule has 5 heteroatoms. The SMILES string of the molecule is CNCCC(=O)NCCNC(=O)CC1CCCCC1. The second-order valence-corrected chi connectivity index (χ2v) is 5.26. The van der Waals surface area contributed by atoms with Crippen molar-refractivity contribution < 1.29 is 9.59 Å². The predicted octanol–water partition coefficient (Wildman–Crippen LogP) is 0.799. The molecule has 0 aromatic rings. The summed E-state index contributed by atoms with van der Waals surface area (Å²) in [5.74, 6) is 0.714. The molecule has 1 fully saturated rings. The van der Waals surface area contributed by atoms with Crippen LogP contribution < -0.4 is 16.0 Å². The van der Waals surface area contributed by atoms with Gasteiger partial charge in [-0.3, -0.25) is 9.59 Å². The van der Waals surface area contributed by atoms with Crippen molar-refractivity contribution in [1.82, 2.24) is 16.0 Å². The average molecular weight is 269 g/mol. The van der Waals surface area contributed by atoms with E-state index in [1.807, 2.05) is 7.05 Å². The lowest BCUT2D eigenvalue weighted by molar-refractivity contribution is -0.123. The first-order valence-electron chi connectivity index (χ1n) is 7.40. The molecule has 0 bridgehead atoms. The van der Waals surface area contributed by atoms with Crippen molar-refractivity contribution in [2.24, 2.45) is 5.92 Å². The van der Waals surface area contributed by atoms with Gasteiger partial charge in [0.05, 0.1) is 0 Å². The van der Waals surface area contributed by atoms with E-state index in [0.29, 0.717) is 38.4 Å². The number of carbonyl (C=O) groups excluding carboxylic acids is 2. The monoisotopic (exact) mass is 269 g/mol. The van der Waals surface area contributed by atoms with E-state index < -0.39 is 0 Å². The fourth-order valence-electron chi connectivity index (χ4n) is 2.46. The van der Waals surface area contributed by atoms with E-state index in [0.717, 1.165) is 0 Å². The summed E-state index contributed by atoms with van der Waals surface area (Å²) in [4.78, 5) is 23.0. The van der Waals surface area contributed by atoms with Crippen molar-refractivity contribution in [3.05, 3.63) is 0 Å². The lowest BCUT2D eigenvalue weighted by Gasteiger charge is -2.20. The number of nitrogens with one attached hydrogen (secondary N) is 3. The van der Waals surface area contributed by atoms with Crippen molar-refractivity contribution >= 4 is 11.8 Å². The topological polar surface area (TPSA) is 70.2 Å². The van der Waals surface area contributed by atoms with E-state index in [-0.39, 0.29) is 11.8 Å². The second kappa shape index (κ2) is 9.78.